The van der Waals surface area contributed by atoms with Gasteiger partial charge in [-0.1, -0.05) is 11.6 Å². The van der Waals surface area contributed by atoms with Gasteiger partial charge in [0.1, 0.15) is 29.0 Å². The van der Waals surface area contributed by atoms with Gasteiger partial charge in [-0.25, -0.2) is 4.98 Å². The average molecular weight is 334 g/mol. The molecule has 5 atom stereocenters. The van der Waals surface area contributed by atoms with Crippen molar-refractivity contribution in [2.45, 2.75) is 30.1 Å². The van der Waals surface area contributed by atoms with Gasteiger partial charge >= 0.3 is 0 Å². The number of aromatic nitrogens is 2. The number of aliphatic hydroxyl groups excluding tert-OH is 3. The summed E-state index contributed by atoms with van der Waals surface area (Å²) in [5, 5.41) is 32.8. The van der Waals surface area contributed by atoms with E-state index < -0.39 is 36.7 Å². The molecule has 2 aliphatic heterocycles. The van der Waals surface area contributed by atoms with Crippen LogP contribution in [-0.2, 0) is 9.47 Å². The molecule has 2 aliphatic rings. The lowest BCUT2D eigenvalue weighted by atomic mass is 9.88. The molecule has 0 spiro atoms. The maximum atomic E-state index is 10.3. The molecule has 3 rings (SSSR count). The topological polar surface area (TPSA) is 126 Å². The van der Waals surface area contributed by atoms with Gasteiger partial charge in [-0.05, 0) is 0 Å². The van der Waals surface area contributed by atoms with E-state index in [-0.39, 0.29) is 23.6 Å². The SMILES string of the molecule is COc1cc(Cl)nc(N[C@H]2[C@H]3OC[C@](CO)(O3)[C@H](O)[C@@H]2O)n1. The van der Waals surface area contributed by atoms with Gasteiger partial charge in [0, 0.05) is 6.07 Å². The monoisotopic (exact) mass is 333 g/mol. The van der Waals surface area contributed by atoms with Crippen LogP contribution in [0.4, 0.5) is 5.95 Å². The maximum Gasteiger partial charge on any atom is 0.227 e. The predicted molar refractivity (Wildman–Crippen MR) is 73.7 cm³/mol. The van der Waals surface area contributed by atoms with Gasteiger partial charge in [0.2, 0.25) is 11.8 Å². The smallest absolute Gasteiger partial charge is 0.227 e. The summed E-state index contributed by atoms with van der Waals surface area (Å²) in [5.41, 5.74) is -1.31. The quantitative estimate of drug-likeness (QED) is 0.500. The number of nitrogens with one attached hydrogen (secondary N) is 1. The molecule has 10 heteroatoms. The maximum absolute atomic E-state index is 10.3. The van der Waals surface area contributed by atoms with Crippen molar-refractivity contribution in [3.05, 3.63) is 11.2 Å². The van der Waals surface area contributed by atoms with E-state index in [1.165, 1.54) is 13.2 Å². The van der Waals surface area contributed by atoms with Crippen LogP contribution in [0.2, 0.25) is 5.15 Å². The number of nitrogens with zero attached hydrogens (tertiary/aromatic N) is 2. The molecule has 4 N–H and O–H groups in total. The summed E-state index contributed by atoms with van der Waals surface area (Å²) in [6.07, 6.45) is -3.43. The molecule has 1 aromatic rings. The molecule has 0 aromatic carbocycles. The second-order valence-corrected chi connectivity index (χ2v) is 5.57. The Kier molecular flexibility index (Phi) is 4.10. The zero-order valence-corrected chi connectivity index (χ0v) is 12.4. The third-order valence-electron chi connectivity index (χ3n) is 3.81. The van der Waals surface area contributed by atoms with Crippen molar-refractivity contribution in [2.24, 2.45) is 0 Å². The van der Waals surface area contributed by atoms with Crippen LogP contribution >= 0.6 is 11.6 Å². The molecule has 0 radical (unpaired) electrons. The van der Waals surface area contributed by atoms with E-state index in [9.17, 15) is 15.3 Å². The number of fused-ring (bicyclic) bond motifs is 2. The fourth-order valence-electron chi connectivity index (χ4n) is 2.57. The molecule has 2 fully saturated rings. The normalized spacial score (nSPS) is 37.1. The first kappa shape index (κ1) is 15.7. The van der Waals surface area contributed by atoms with Crippen LogP contribution in [0, 0.1) is 0 Å². The van der Waals surface area contributed by atoms with Gasteiger partial charge in [-0.2, -0.15) is 4.98 Å². The first-order valence-electron chi connectivity index (χ1n) is 6.60. The molecule has 0 amide bonds. The zero-order chi connectivity index (χ0) is 15.9. The second kappa shape index (κ2) is 5.76. The summed E-state index contributed by atoms with van der Waals surface area (Å²) >= 11 is 5.86. The third-order valence-corrected chi connectivity index (χ3v) is 4.00. The van der Waals surface area contributed by atoms with Crippen LogP contribution in [0.25, 0.3) is 0 Å². The lowest BCUT2D eigenvalue weighted by molar-refractivity contribution is -0.224. The van der Waals surface area contributed by atoms with E-state index in [2.05, 4.69) is 15.3 Å². The van der Waals surface area contributed by atoms with E-state index in [1.54, 1.807) is 0 Å². The third kappa shape index (κ3) is 2.49. The highest BCUT2D eigenvalue weighted by Gasteiger charge is 2.59. The molecular weight excluding hydrogens is 318 g/mol. The highest BCUT2D eigenvalue weighted by molar-refractivity contribution is 6.29. The Bertz CT molecular complexity index is 564. The summed E-state index contributed by atoms with van der Waals surface area (Å²) < 4.78 is 15.9. The molecule has 1 aromatic heterocycles. The Hall–Kier alpha value is -1.23. The lowest BCUT2D eigenvalue weighted by Crippen LogP contribution is -2.64. The summed E-state index contributed by atoms with van der Waals surface area (Å²) in [7, 11) is 1.43. The van der Waals surface area contributed by atoms with Crippen LogP contribution in [0.3, 0.4) is 0 Å². The average Bonchev–Trinajstić information content (AvgIpc) is 2.92. The van der Waals surface area contributed by atoms with Crippen LogP contribution < -0.4 is 10.1 Å². The molecular formula is C12H16ClN3O6. The second-order valence-electron chi connectivity index (χ2n) is 5.18. The van der Waals surface area contributed by atoms with E-state index >= 15 is 0 Å². The number of methoxy groups -OCH3 is 1. The predicted octanol–water partition coefficient (Wildman–Crippen LogP) is -1.24. The highest BCUT2D eigenvalue weighted by Crippen LogP contribution is 2.37. The Labute approximate surface area is 130 Å². The molecule has 9 nitrogen and oxygen atoms in total. The Morgan fingerprint density at radius 2 is 2.27 bits per heavy atom. The van der Waals surface area contributed by atoms with Crippen LogP contribution in [0.15, 0.2) is 6.07 Å². The number of anilines is 1. The fourth-order valence-corrected chi connectivity index (χ4v) is 2.74. The molecule has 0 aliphatic carbocycles. The minimum Gasteiger partial charge on any atom is -0.481 e. The van der Waals surface area contributed by atoms with Crippen molar-refractivity contribution in [1.82, 2.24) is 9.97 Å². The van der Waals surface area contributed by atoms with Crippen molar-refractivity contribution in [3.8, 4) is 5.88 Å². The van der Waals surface area contributed by atoms with E-state index in [0.29, 0.717) is 0 Å². The number of aliphatic hydroxyl groups is 3. The van der Waals surface area contributed by atoms with Crippen molar-refractivity contribution >= 4 is 17.5 Å². The van der Waals surface area contributed by atoms with Gasteiger partial charge in [-0.15, -0.1) is 0 Å². The Morgan fingerprint density at radius 1 is 1.50 bits per heavy atom. The van der Waals surface area contributed by atoms with Gasteiger partial charge in [0.05, 0.1) is 20.3 Å². The number of hydrogen-bond acceptors (Lipinski definition) is 9. The van der Waals surface area contributed by atoms with Crippen molar-refractivity contribution < 1.29 is 29.5 Å². The van der Waals surface area contributed by atoms with E-state index in [0.717, 1.165) is 0 Å². The molecule has 122 valence electrons. The lowest BCUT2D eigenvalue weighted by Gasteiger charge is -2.41. The summed E-state index contributed by atoms with van der Waals surface area (Å²) in [4.78, 5) is 8.01. The first-order chi connectivity index (χ1) is 10.5. The van der Waals surface area contributed by atoms with Gasteiger partial charge in [0.25, 0.3) is 0 Å². The molecule has 3 heterocycles. The molecule has 2 saturated heterocycles. The van der Waals surface area contributed by atoms with E-state index in [4.69, 9.17) is 25.8 Å². The summed E-state index contributed by atoms with van der Waals surface area (Å²) in [6, 6.07) is 0.596. The van der Waals surface area contributed by atoms with Crippen molar-refractivity contribution in [1.29, 1.82) is 0 Å². The van der Waals surface area contributed by atoms with Gasteiger partial charge in [-0.3, -0.25) is 0 Å². The Morgan fingerprint density at radius 3 is 2.95 bits per heavy atom. The zero-order valence-electron chi connectivity index (χ0n) is 11.6. The fraction of sp³-hybridized carbons (Fsp3) is 0.667. The van der Waals surface area contributed by atoms with E-state index in [1.807, 2.05) is 0 Å². The van der Waals surface area contributed by atoms with Gasteiger partial charge < -0.3 is 34.8 Å². The molecule has 0 saturated carbocycles. The Balaban J connectivity index is 1.83. The van der Waals surface area contributed by atoms with Crippen LogP contribution in [0.1, 0.15) is 0 Å². The number of ether oxygens (including phenoxy) is 3. The minimum atomic E-state index is -1.32. The summed E-state index contributed by atoms with van der Waals surface area (Å²) in [6.45, 7) is -0.486. The number of rotatable bonds is 4. The van der Waals surface area contributed by atoms with Crippen molar-refractivity contribution in [2.75, 3.05) is 25.6 Å². The number of hydrogen-bond donors (Lipinski definition) is 4. The van der Waals surface area contributed by atoms with Gasteiger partial charge in [0.15, 0.2) is 6.29 Å². The van der Waals surface area contributed by atoms with Crippen LogP contribution in [-0.4, -0.2) is 75.8 Å². The standard InChI is InChI=1S/C12H16ClN3O6/c1-20-6-2-5(13)14-11(15-6)16-7-8(18)9(19)12(3-17)4-21-10(7)22-12/h2,7-10,17-19H,3-4H2,1H3,(H,14,15,16)/t7-,8-,9-,10+,12+/m1/s1. The molecule has 0 unspecified atom stereocenters. The van der Waals surface area contributed by atoms with Crippen molar-refractivity contribution in [3.63, 3.8) is 0 Å². The minimum absolute atomic E-state index is 0.0235. The van der Waals surface area contributed by atoms with Crippen LogP contribution in [0.5, 0.6) is 5.88 Å². The largest absolute Gasteiger partial charge is 0.481 e. The first-order valence-corrected chi connectivity index (χ1v) is 6.98. The molecule has 2 bridgehead atoms. The number of halogens is 1. The summed E-state index contributed by atoms with van der Waals surface area (Å²) in [5.74, 6) is 0.336. The molecule has 22 heavy (non-hydrogen) atoms. The highest BCUT2D eigenvalue weighted by atomic mass is 35.5.